The number of carbonyl (C=O) groups is 1. The summed E-state index contributed by atoms with van der Waals surface area (Å²) < 4.78 is 16.7. The molecule has 0 fully saturated rings. The van der Waals surface area contributed by atoms with Gasteiger partial charge in [-0.1, -0.05) is 30.3 Å². The lowest BCUT2D eigenvalue weighted by atomic mass is 10.2. The summed E-state index contributed by atoms with van der Waals surface area (Å²) in [5.41, 5.74) is 0.391. The van der Waals surface area contributed by atoms with Crippen LogP contribution < -0.4 is 0 Å². The van der Waals surface area contributed by atoms with Gasteiger partial charge in [0, 0.05) is 19.8 Å². The Morgan fingerprint density at radius 2 is 1.59 bits per heavy atom. The van der Waals surface area contributed by atoms with Crippen molar-refractivity contribution in [3.63, 3.8) is 0 Å². The van der Waals surface area contributed by atoms with Crippen molar-refractivity contribution in [3.05, 3.63) is 35.9 Å². The maximum absolute atomic E-state index is 12.2. The molecule has 0 saturated carbocycles. The zero-order chi connectivity index (χ0) is 16.3. The quantitative estimate of drug-likeness (QED) is 0.353. The van der Waals surface area contributed by atoms with E-state index in [1.165, 1.54) is 0 Å². The van der Waals surface area contributed by atoms with Gasteiger partial charge in [-0.25, -0.2) is 4.79 Å². The molecule has 1 aromatic rings. The van der Waals surface area contributed by atoms with E-state index in [1.54, 1.807) is 20.8 Å². The lowest BCUT2D eigenvalue weighted by molar-refractivity contribution is -0.231. The molecule has 0 saturated heterocycles. The monoisotopic (exact) mass is 328 g/mol. The van der Waals surface area contributed by atoms with Gasteiger partial charge in [0.1, 0.15) is 0 Å². The van der Waals surface area contributed by atoms with E-state index in [0.717, 1.165) is 5.56 Å². The van der Waals surface area contributed by atoms with Gasteiger partial charge in [-0.05, 0) is 32.8 Å². The van der Waals surface area contributed by atoms with Gasteiger partial charge in [0.05, 0.1) is 6.61 Å². The van der Waals surface area contributed by atoms with Crippen LogP contribution in [0.15, 0.2) is 30.3 Å². The minimum absolute atomic E-state index is 0.248. The van der Waals surface area contributed by atoms with Crippen molar-refractivity contribution in [2.75, 3.05) is 26.4 Å². The molecule has 0 amide bonds. The number of carbonyl (C=O) groups excluding carboxylic acids is 1. The summed E-state index contributed by atoms with van der Waals surface area (Å²) in [7, 11) is -3.58. The maximum Gasteiger partial charge on any atom is 0.626 e. The predicted octanol–water partition coefficient (Wildman–Crippen LogP) is 2.93. The maximum atomic E-state index is 12.2. The summed E-state index contributed by atoms with van der Waals surface area (Å²) >= 11 is 0. The second-order valence-corrected chi connectivity index (χ2v) is 6.67. The topological polar surface area (TPSA) is 63.2 Å². The van der Waals surface area contributed by atoms with Crippen LogP contribution in [0.5, 0.6) is 0 Å². The first-order chi connectivity index (χ1) is 10.7. The van der Waals surface area contributed by atoms with Crippen LogP contribution in [-0.4, -0.2) is 40.8 Å². The van der Waals surface area contributed by atoms with E-state index in [4.69, 9.17) is 23.1 Å². The molecular formula is C15H24O6Si. The van der Waals surface area contributed by atoms with Gasteiger partial charge in [0.2, 0.25) is 0 Å². The van der Waals surface area contributed by atoms with E-state index in [9.17, 15) is 4.79 Å². The van der Waals surface area contributed by atoms with Gasteiger partial charge in [-0.15, -0.1) is 0 Å². The fourth-order valence-corrected chi connectivity index (χ4v) is 3.69. The molecule has 22 heavy (non-hydrogen) atoms. The molecule has 0 aliphatic heterocycles. The Morgan fingerprint density at radius 1 is 0.955 bits per heavy atom. The van der Waals surface area contributed by atoms with Crippen molar-refractivity contribution < 1.29 is 27.8 Å². The van der Waals surface area contributed by atoms with Crippen LogP contribution in [0, 0.1) is 0 Å². The highest BCUT2D eigenvalue weighted by Gasteiger charge is 2.53. The average Bonchev–Trinajstić information content (AvgIpc) is 2.54. The van der Waals surface area contributed by atoms with Crippen molar-refractivity contribution in [3.8, 4) is 0 Å². The summed E-state index contributed by atoms with van der Waals surface area (Å²) in [6.07, 6.45) is 0.650. The van der Waals surface area contributed by atoms with Crippen molar-refractivity contribution >= 4 is 14.4 Å². The smallest absolute Gasteiger partial charge is 0.366 e. The van der Waals surface area contributed by atoms with Crippen molar-refractivity contribution in [2.45, 2.75) is 27.2 Å². The Morgan fingerprint density at radius 3 is 2.14 bits per heavy atom. The van der Waals surface area contributed by atoms with Gasteiger partial charge in [0.25, 0.3) is 0 Å². The Bertz CT molecular complexity index is 419. The highest BCUT2D eigenvalue weighted by Crippen LogP contribution is 2.15. The van der Waals surface area contributed by atoms with E-state index >= 15 is 0 Å². The van der Waals surface area contributed by atoms with Crippen LogP contribution in [0.2, 0.25) is 0 Å². The van der Waals surface area contributed by atoms with E-state index in [2.05, 4.69) is 0 Å². The Labute approximate surface area is 132 Å². The zero-order valence-corrected chi connectivity index (χ0v) is 14.4. The number of hydrogen-bond acceptors (Lipinski definition) is 6. The van der Waals surface area contributed by atoms with E-state index in [-0.39, 0.29) is 6.61 Å². The van der Waals surface area contributed by atoms with Gasteiger partial charge >= 0.3 is 14.4 Å². The molecule has 0 atom stereocenters. The first kappa shape index (κ1) is 18.8. The fraction of sp³-hybridized carbons (Fsp3) is 0.533. The van der Waals surface area contributed by atoms with Gasteiger partial charge in [-0.3, -0.25) is 4.89 Å². The van der Waals surface area contributed by atoms with Gasteiger partial charge in [0.15, 0.2) is 0 Å². The highest BCUT2D eigenvalue weighted by molar-refractivity contribution is 6.90. The lowest BCUT2D eigenvalue weighted by Gasteiger charge is -2.25. The molecule has 6 nitrogen and oxygen atoms in total. The largest absolute Gasteiger partial charge is 0.626 e. The van der Waals surface area contributed by atoms with Crippen LogP contribution in [0.25, 0.3) is 0 Å². The SMILES string of the molecule is CCOOC(=O)[Si](OCC)(OCC)OCCc1ccccc1. The van der Waals surface area contributed by atoms with Crippen LogP contribution in [-0.2, 0) is 29.5 Å². The summed E-state index contributed by atoms with van der Waals surface area (Å²) in [5.74, 6) is 0. The van der Waals surface area contributed by atoms with Crippen molar-refractivity contribution in [2.24, 2.45) is 0 Å². The molecule has 7 heteroatoms. The van der Waals surface area contributed by atoms with E-state index < -0.39 is 14.4 Å². The summed E-state index contributed by atoms with van der Waals surface area (Å²) in [6.45, 7) is 6.40. The Hall–Kier alpha value is -1.25. The lowest BCUT2D eigenvalue weighted by Crippen LogP contribution is -2.54. The summed E-state index contributed by atoms with van der Waals surface area (Å²) in [5, 5.41) is 0. The summed E-state index contributed by atoms with van der Waals surface area (Å²) in [6, 6.07) is 9.84. The molecular weight excluding hydrogens is 304 g/mol. The van der Waals surface area contributed by atoms with Crippen LogP contribution in [0.1, 0.15) is 26.3 Å². The third-order valence-electron chi connectivity index (χ3n) is 2.70. The molecule has 1 aromatic carbocycles. The zero-order valence-electron chi connectivity index (χ0n) is 13.4. The average molecular weight is 328 g/mol. The standard InChI is InChI=1S/C15H24O6Si/c1-4-17-21-15(16)22(18-5-2,19-6-3)20-13-12-14-10-8-7-9-11-14/h7-11H,4-6,12-13H2,1-3H3. The molecule has 124 valence electrons. The van der Waals surface area contributed by atoms with Crippen molar-refractivity contribution in [1.29, 1.82) is 0 Å². The van der Waals surface area contributed by atoms with E-state index in [1.807, 2.05) is 30.3 Å². The Balaban J connectivity index is 2.68. The molecule has 0 aliphatic rings. The first-order valence-electron chi connectivity index (χ1n) is 7.48. The molecule has 0 N–H and O–H groups in total. The molecule has 1 rings (SSSR count). The van der Waals surface area contributed by atoms with Crippen molar-refractivity contribution in [1.82, 2.24) is 0 Å². The number of hydrogen-bond donors (Lipinski definition) is 0. The molecule has 0 bridgehead atoms. The minimum atomic E-state index is -3.58. The number of rotatable bonds is 11. The highest BCUT2D eigenvalue weighted by atomic mass is 28.4. The molecule has 0 unspecified atom stereocenters. The molecule has 0 heterocycles. The van der Waals surface area contributed by atoms with Gasteiger partial charge < -0.3 is 13.3 Å². The minimum Gasteiger partial charge on any atom is -0.366 e. The first-order valence-corrected chi connectivity index (χ1v) is 9.20. The van der Waals surface area contributed by atoms with Crippen LogP contribution >= 0.6 is 0 Å². The third kappa shape index (κ3) is 5.86. The van der Waals surface area contributed by atoms with E-state index in [0.29, 0.717) is 26.2 Å². The second-order valence-electron chi connectivity index (χ2n) is 4.28. The fourth-order valence-electron chi connectivity index (χ4n) is 1.79. The van der Waals surface area contributed by atoms with Gasteiger partial charge in [-0.2, -0.15) is 4.89 Å². The predicted molar refractivity (Wildman–Crippen MR) is 83.2 cm³/mol. The summed E-state index contributed by atoms with van der Waals surface area (Å²) in [4.78, 5) is 21.6. The normalized spacial score (nSPS) is 11.4. The molecule has 0 radical (unpaired) electrons. The molecule has 0 aromatic heterocycles. The van der Waals surface area contributed by atoms with Crippen LogP contribution in [0.3, 0.4) is 0 Å². The Kier molecular flexibility index (Phi) is 8.94. The molecule has 0 spiro atoms. The third-order valence-corrected chi connectivity index (χ3v) is 5.20. The number of benzene rings is 1. The van der Waals surface area contributed by atoms with Crippen LogP contribution in [0.4, 0.5) is 4.79 Å². The second kappa shape index (κ2) is 10.5. The molecule has 0 aliphatic carbocycles.